The molecule has 3 N–H and O–H groups in total. The minimum absolute atomic E-state index is 0.00677. The molecule has 40 heavy (non-hydrogen) atoms. The van der Waals surface area contributed by atoms with E-state index in [1.807, 2.05) is 0 Å². The summed E-state index contributed by atoms with van der Waals surface area (Å²) in [5, 5.41) is 13.5. The van der Waals surface area contributed by atoms with Crippen LogP contribution in [-0.2, 0) is 17.8 Å². The number of nitrogens with one attached hydrogen (secondary N) is 1. The number of hydrogen-bond donors (Lipinski definition) is 2. The lowest BCUT2D eigenvalue weighted by Crippen LogP contribution is -2.52. The average molecular weight is 552 g/mol. The Morgan fingerprint density at radius 3 is 2.85 bits per heavy atom. The van der Waals surface area contributed by atoms with Crippen LogP contribution in [0.3, 0.4) is 0 Å². The van der Waals surface area contributed by atoms with Crippen molar-refractivity contribution >= 4 is 11.5 Å². The smallest absolute Gasteiger partial charge is 0.318 e. The van der Waals surface area contributed by atoms with Crippen LogP contribution in [0.1, 0.15) is 66.2 Å². The first kappa shape index (κ1) is 25.9. The maximum Gasteiger partial charge on any atom is 0.318 e. The zero-order valence-electron chi connectivity index (χ0n) is 22.8. The Morgan fingerprint density at radius 2 is 2.08 bits per heavy atom. The number of aromatic nitrogens is 2. The van der Waals surface area contributed by atoms with Gasteiger partial charge in [-0.1, -0.05) is 0 Å². The number of rotatable bonds is 5. The van der Waals surface area contributed by atoms with Crippen molar-refractivity contribution < 1.29 is 18.3 Å². The van der Waals surface area contributed by atoms with Crippen LogP contribution in [-0.4, -0.2) is 71.4 Å². The summed E-state index contributed by atoms with van der Waals surface area (Å²) < 4.78 is 42.2. The molecule has 0 spiro atoms. The van der Waals surface area contributed by atoms with Crippen LogP contribution in [0.25, 0.3) is 0 Å². The molecular formula is C29H35F2N7O2. The lowest BCUT2D eigenvalue weighted by molar-refractivity contribution is 0.0230. The summed E-state index contributed by atoms with van der Waals surface area (Å²) in [5.74, 6) is 0.166. The number of aryl methyl sites for hydroxylation is 1. The normalized spacial score (nSPS) is 31.2. The summed E-state index contributed by atoms with van der Waals surface area (Å²) in [6.07, 6.45) is 3.35. The Hall–Kier alpha value is -3.07. The summed E-state index contributed by atoms with van der Waals surface area (Å²) in [4.78, 5) is 14.2. The van der Waals surface area contributed by atoms with Crippen molar-refractivity contribution in [2.24, 2.45) is 0 Å². The molecule has 2 unspecified atom stereocenters. The van der Waals surface area contributed by atoms with Crippen molar-refractivity contribution in [2.75, 3.05) is 43.4 Å². The van der Waals surface area contributed by atoms with Crippen molar-refractivity contribution in [3.63, 3.8) is 0 Å². The molecule has 7 rings (SSSR count). The van der Waals surface area contributed by atoms with E-state index < -0.39 is 18.1 Å². The van der Waals surface area contributed by atoms with Crippen LogP contribution in [0.15, 0.2) is 6.07 Å². The highest BCUT2D eigenvalue weighted by atomic mass is 19.1. The molecule has 4 saturated heterocycles. The number of piperazine rings is 1. The van der Waals surface area contributed by atoms with E-state index in [9.17, 15) is 9.65 Å². The SMILES string of the molecule is Cc1cc(N)c(F)c([C@@H]2Cc3nc(OC[C@@]45CCCN4C[C@H](F)C5)nc(N4CC5CCC(C4)N5)c3CO2)c1C#N. The summed E-state index contributed by atoms with van der Waals surface area (Å²) in [6.45, 7) is 5.26. The van der Waals surface area contributed by atoms with Crippen molar-refractivity contribution in [1.82, 2.24) is 20.2 Å². The van der Waals surface area contributed by atoms with Crippen LogP contribution >= 0.6 is 0 Å². The summed E-state index contributed by atoms with van der Waals surface area (Å²) in [7, 11) is 0. The number of ether oxygens (including phenoxy) is 2. The fourth-order valence-corrected chi connectivity index (χ4v) is 7.66. The fourth-order valence-electron chi connectivity index (χ4n) is 7.66. The van der Waals surface area contributed by atoms with Gasteiger partial charge in [0.25, 0.3) is 0 Å². The molecule has 1 aromatic heterocycles. The molecule has 11 heteroatoms. The molecule has 9 nitrogen and oxygen atoms in total. The first-order valence-corrected chi connectivity index (χ1v) is 14.4. The third-order valence-corrected chi connectivity index (χ3v) is 9.56. The Bertz CT molecular complexity index is 1370. The monoisotopic (exact) mass is 551 g/mol. The third kappa shape index (κ3) is 4.28. The molecular weight excluding hydrogens is 516 g/mol. The van der Waals surface area contributed by atoms with Gasteiger partial charge in [0.05, 0.1) is 41.3 Å². The Balaban J connectivity index is 1.24. The zero-order chi connectivity index (χ0) is 27.6. The van der Waals surface area contributed by atoms with E-state index in [1.165, 1.54) is 6.07 Å². The predicted molar refractivity (Wildman–Crippen MR) is 144 cm³/mol. The Kier molecular flexibility index (Phi) is 6.33. The minimum Gasteiger partial charge on any atom is -0.461 e. The highest BCUT2D eigenvalue weighted by Gasteiger charge is 2.49. The third-order valence-electron chi connectivity index (χ3n) is 9.56. The molecule has 5 atom stereocenters. The zero-order valence-corrected chi connectivity index (χ0v) is 22.8. The molecule has 1 aromatic carbocycles. The maximum absolute atomic E-state index is 15.3. The molecule has 4 fully saturated rings. The molecule has 5 aliphatic rings. The Labute approximate surface area is 232 Å². The van der Waals surface area contributed by atoms with Gasteiger partial charge in [-0.05, 0) is 50.8 Å². The lowest BCUT2D eigenvalue weighted by atomic mass is 9.92. The highest BCUT2D eigenvalue weighted by molar-refractivity contribution is 5.57. The number of fused-ring (bicyclic) bond motifs is 4. The molecule has 6 heterocycles. The van der Waals surface area contributed by atoms with Gasteiger partial charge < -0.3 is 25.4 Å². The van der Waals surface area contributed by atoms with Gasteiger partial charge in [-0.3, -0.25) is 4.90 Å². The fraction of sp³-hybridized carbons (Fsp3) is 0.621. The van der Waals surface area contributed by atoms with Crippen molar-refractivity contribution in [3.05, 3.63) is 39.8 Å². The standard InChI is InChI=1S/C29H35F2N7O2/c1-16-7-22(33)26(31)25(20(16)10-32)24-8-23-21(14-39-24)27(37-12-18-3-4-19(13-37)34-18)36-28(35-23)40-15-29-5-2-6-38(29)11-17(30)9-29/h7,17-19,24,34H,2-6,8-9,11-15,33H2,1H3/t17-,18?,19?,24+,29+/m1/s1. The Morgan fingerprint density at radius 1 is 1.27 bits per heavy atom. The van der Waals surface area contributed by atoms with Crippen LogP contribution in [0.4, 0.5) is 20.3 Å². The van der Waals surface area contributed by atoms with E-state index in [4.69, 9.17) is 25.2 Å². The molecule has 0 saturated carbocycles. The van der Waals surface area contributed by atoms with Crippen LogP contribution < -0.4 is 20.7 Å². The topological polar surface area (TPSA) is 113 Å². The van der Waals surface area contributed by atoms with Crippen molar-refractivity contribution in [3.8, 4) is 12.1 Å². The number of nitrogen functional groups attached to an aromatic ring is 1. The molecule has 0 aliphatic carbocycles. The van der Waals surface area contributed by atoms with E-state index in [1.54, 1.807) is 6.92 Å². The second kappa shape index (κ2) is 9.79. The van der Waals surface area contributed by atoms with Crippen LogP contribution in [0.5, 0.6) is 6.01 Å². The summed E-state index contributed by atoms with van der Waals surface area (Å²) in [6, 6.07) is 4.68. The highest BCUT2D eigenvalue weighted by Crippen LogP contribution is 2.42. The second-order valence-corrected chi connectivity index (χ2v) is 12.2. The predicted octanol–water partition coefficient (Wildman–Crippen LogP) is 3.09. The van der Waals surface area contributed by atoms with E-state index in [0.29, 0.717) is 37.2 Å². The lowest BCUT2D eigenvalue weighted by Gasteiger charge is -2.37. The van der Waals surface area contributed by atoms with Gasteiger partial charge >= 0.3 is 6.01 Å². The van der Waals surface area contributed by atoms with Gasteiger partial charge in [0.15, 0.2) is 5.82 Å². The molecule has 0 amide bonds. The van der Waals surface area contributed by atoms with Gasteiger partial charge in [0.2, 0.25) is 0 Å². The first-order valence-electron chi connectivity index (χ1n) is 14.4. The van der Waals surface area contributed by atoms with Crippen LogP contribution in [0.2, 0.25) is 0 Å². The number of hydrogen-bond acceptors (Lipinski definition) is 9. The van der Waals surface area contributed by atoms with Crippen LogP contribution in [0, 0.1) is 24.1 Å². The number of nitrogens with two attached hydrogens (primary N) is 1. The molecule has 212 valence electrons. The van der Waals surface area contributed by atoms with Gasteiger partial charge in [0.1, 0.15) is 18.6 Å². The summed E-state index contributed by atoms with van der Waals surface area (Å²) >= 11 is 0. The van der Waals surface area contributed by atoms with Gasteiger partial charge in [-0.2, -0.15) is 15.2 Å². The number of halogens is 2. The average Bonchev–Trinajstić information content (AvgIpc) is 3.58. The number of benzene rings is 1. The van der Waals surface area contributed by atoms with Gasteiger partial charge in [-0.15, -0.1) is 0 Å². The number of nitriles is 1. The van der Waals surface area contributed by atoms with Gasteiger partial charge in [0, 0.05) is 55.7 Å². The second-order valence-electron chi connectivity index (χ2n) is 12.2. The molecule has 2 bridgehead atoms. The van der Waals surface area contributed by atoms with E-state index in [0.717, 1.165) is 62.4 Å². The van der Waals surface area contributed by atoms with E-state index in [2.05, 4.69) is 21.2 Å². The number of alkyl halides is 1. The van der Waals surface area contributed by atoms with Gasteiger partial charge in [-0.25, -0.2) is 8.78 Å². The number of nitrogens with zero attached hydrogens (tertiary/aromatic N) is 5. The van der Waals surface area contributed by atoms with E-state index >= 15 is 4.39 Å². The maximum atomic E-state index is 15.3. The molecule has 2 aromatic rings. The van der Waals surface area contributed by atoms with Crippen molar-refractivity contribution in [2.45, 2.75) is 82.0 Å². The molecule has 5 aliphatic heterocycles. The largest absolute Gasteiger partial charge is 0.461 e. The quantitative estimate of drug-likeness (QED) is 0.542. The minimum atomic E-state index is -0.843. The number of anilines is 2. The first-order chi connectivity index (χ1) is 19.3. The van der Waals surface area contributed by atoms with Crippen molar-refractivity contribution in [1.29, 1.82) is 5.26 Å². The van der Waals surface area contributed by atoms with E-state index in [-0.39, 0.29) is 41.4 Å². The summed E-state index contributed by atoms with van der Waals surface area (Å²) in [5.41, 5.74) is 8.24. The molecule has 0 radical (unpaired) electrons.